The van der Waals surface area contributed by atoms with Crippen molar-refractivity contribution in [3.63, 3.8) is 0 Å². The van der Waals surface area contributed by atoms with Crippen LogP contribution in [0.2, 0.25) is 0 Å². The van der Waals surface area contributed by atoms with Gasteiger partial charge in [0, 0.05) is 6.54 Å². The molecule has 0 aliphatic carbocycles. The van der Waals surface area contributed by atoms with Crippen molar-refractivity contribution in [3.05, 3.63) is 29.6 Å². The Morgan fingerprint density at radius 2 is 2.00 bits per heavy atom. The minimum Gasteiger partial charge on any atom is -0.327 e. The lowest BCUT2D eigenvalue weighted by Crippen LogP contribution is -2.13. The Bertz CT molecular complexity index is 538. The summed E-state index contributed by atoms with van der Waals surface area (Å²) in [5.74, 6) is 1.53. The van der Waals surface area contributed by atoms with E-state index in [-0.39, 0.29) is 6.04 Å². The van der Waals surface area contributed by atoms with E-state index in [2.05, 4.69) is 43.5 Å². The minimum absolute atomic E-state index is 0.0218. The normalized spacial score (nSPS) is 13.4. The second kappa shape index (κ2) is 5.11. The minimum atomic E-state index is -0.0218. The van der Waals surface area contributed by atoms with Crippen molar-refractivity contribution >= 4 is 11.0 Å². The Balaban J connectivity index is 2.60. The molecule has 18 heavy (non-hydrogen) atoms. The summed E-state index contributed by atoms with van der Waals surface area (Å²) in [6, 6.07) is 6.55. The van der Waals surface area contributed by atoms with Gasteiger partial charge in [-0.2, -0.15) is 0 Å². The molecule has 0 amide bonds. The van der Waals surface area contributed by atoms with Crippen LogP contribution < -0.4 is 5.73 Å². The standard InChI is InChI=1S/C15H23N3/c1-5-8-18-14-7-6-12(10(2)3)9-13(14)17-15(18)11(4)16/h6-7,9-11H,5,8,16H2,1-4H3. The van der Waals surface area contributed by atoms with Gasteiger partial charge in [-0.3, -0.25) is 0 Å². The molecule has 1 aromatic carbocycles. The Morgan fingerprint density at radius 3 is 2.56 bits per heavy atom. The number of hydrogen-bond donors (Lipinski definition) is 1. The van der Waals surface area contributed by atoms with E-state index in [1.54, 1.807) is 0 Å². The number of aromatic nitrogens is 2. The van der Waals surface area contributed by atoms with Crippen molar-refractivity contribution in [2.45, 2.75) is 52.6 Å². The zero-order chi connectivity index (χ0) is 13.3. The lowest BCUT2D eigenvalue weighted by atomic mass is 10.0. The van der Waals surface area contributed by atoms with E-state index in [0.29, 0.717) is 5.92 Å². The molecule has 1 aromatic heterocycles. The summed E-state index contributed by atoms with van der Waals surface area (Å²) in [5.41, 5.74) is 9.63. The summed E-state index contributed by atoms with van der Waals surface area (Å²) in [5, 5.41) is 0. The Labute approximate surface area is 109 Å². The molecule has 98 valence electrons. The Kier molecular flexibility index (Phi) is 3.71. The second-order valence-corrected chi connectivity index (χ2v) is 5.31. The summed E-state index contributed by atoms with van der Waals surface area (Å²) in [6.07, 6.45) is 1.09. The van der Waals surface area contributed by atoms with Crippen LogP contribution in [0.4, 0.5) is 0 Å². The van der Waals surface area contributed by atoms with E-state index >= 15 is 0 Å². The lowest BCUT2D eigenvalue weighted by Gasteiger charge is -2.10. The molecule has 0 radical (unpaired) electrons. The number of nitrogens with zero attached hydrogens (tertiary/aromatic N) is 2. The predicted octanol–water partition coefficient (Wildman–Crippen LogP) is 3.59. The molecular formula is C15H23N3. The van der Waals surface area contributed by atoms with Crippen LogP contribution in [-0.2, 0) is 6.54 Å². The molecule has 3 heteroatoms. The van der Waals surface area contributed by atoms with Gasteiger partial charge in [-0.1, -0.05) is 26.8 Å². The van der Waals surface area contributed by atoms with Crippen molar-refractivity contribution in [1.29, 1.82) is 0 Å². The maximum atomic E-state index is 6.02. The molecule has 3 nitrogen and oxygen atoms in total. The average molecular weight is 245 g/mol. The number of benzene rings is 1. The first-order valence-corrected chi connectivity index (χ1v) is 6.80. The molecule has 0 saturated heterocycles. The maximum absolute atomic E-state index is 6.02. The highest BCUT2D eigenvalue weighted by Gasteiger charge is 2.14. The zero-order valence-electron chi connectivity index (χ0n) is 11.8. The van der Waals surface area contributed by atoms with E-state index < -0.39 is 0 Å². The Hall–Kier alpha value is -1.35. The van der Waals surface area contributed by atoms with Crippen LogP contribution in [0.25, 0.3) is 11.0 Å². The van der Waals surface area contributed by atoms with Crippen molar-refractivity contribution in [3.8, 4) is 0 Å². The molecule has 0 bridgehead atoms. The number of nitrogens with two attached hydrogens (primary N) is 1. The van der Waals surface area contributed by atoms with Gasteiger partial charge in [-0.25, -0.2) is 4.98 Å². The Morgan fingerprint density at radius 1 is 1.28 bits per heavy atom. The molecule has 0 fully saturated rings. The SMILES string of the molecule is CCCn1c(C(C)N)nc2cc(C(C)C)ccc21. The van der Waals surface area contributed by atoms with Crippen LogP contribution in [0.1, 0.15) is 57.5 Å². The third kappa shape index (κ3) is 2.27. The van der Waals surface area contributed by atoms with Crippen LogP contribution in [0.5, 0.6) is 0 Å². The summed E-state index contributed by atoms with van der Waals surface area (Å²) in [4.78, 5) is 4.71. The fourth-order valence-electron chi connectivity index (χ4n) is 2.33. The first-order chi connectivity index (χ1) is 8.54. The smallest absolute Gasteiger partial charge is 0.126 e. The molecule has 1 atom stereocenters. The highest BCUT2D eigenvalue weighted by atomic mass is 15.1. The number of rotatable bonds is 4. The summed E-state index contributed by atoms with van der Waals surface area (Å²) >= 11 is 0. The van der Waals surface area contributed by atoms with Gasteiger partial charge in [-0.05, 0) is 37.0 Å². The zero-order valence-corrected chi connectivity index (χ0v) is 11.8. The second-order valence-electron chi connectivity index (χ2n) is 5.31. The third-order valence-electron chi connectivity index (χ3n) is 3.32. The molecule has 1 unspecified atom stereocenters. The first kappa shape index (κ1) is 13.1. The van der Waals surface area contributed by atoms with Crippen LogP contribution in [0, 0.1) is 0 Å². The summed E-state index contributed by atoms with van der Waals surface area (Å²) in [7, 11) is 0. The molecule has 2 aromatic rings. The number of fused-ring (bicyclic) bond motifs is 1. The highest BCUT2D eigenvalue weighted by molar-refractivity contribution is 5.77. The quantitative estimate of drug-likeness (QED) is 0.894. The van der Waals surface area contributed by atoms with E-state index in [1.165, 1.54) is 11.1 Å². The third-order valence-corrected chi connectivity index (χ3v) is 3.32. The van der Waals surface area contributed by atoms with E-state index in [9.17, 15) is 0 Å². The van der Waals surface area contributed by atoms with Gasteiger partial charge >= 0.3 is 0 Å². The summed E-state index contributed by atoms with van der Waals surface area (Å²) < 4.78 is 2.25. The fourth-order valence-corrected chi connectivity index (χ4v) is 2.33. The van der Waals surface area contributed by atoms with E-state index in [0.717, 1.165) is 24.3 Å². The van der Waals surface area contributed by atoms with Gasteiger partial charge < -0.3 is 10.3 Å². The van der Waals surface area contributed by atoms with E-state index in [4.69, 9.17) is 10.7 Å². The molecule has 2 rings (SSSR count). The number of aryl methyl sites for hydroxylation is 1. The van der Waals surface area contributed by atoms with Crippen LogP contribution in [0.3, 0.4) is 0 Å². The maximum Gasteiger partial charge on any atom is 0.126 e. The average Bonchev–Trinajstić information content (AvgIpc) is 2.68. The topological polar surface area (TPSA) is 43.8 Å². The predicted molar refractivity (Wildman–Crippen MR) is 76.7 cm³/mol. The van der Waals surface area contributed by atoms with Gasteiger partial charge in [0.1, 0.15) is 5.82 Å². The molecule has 2 N–H and O–H groups in total. The number of hydrogen-bond acceptors (Lipinski definition) is 2. The van der Waals surface area contributed by atoms with Gasteiger partial charge in [0.2, 0.25) is 0 Å². The summed E-state index contributed by atoms with van der Waals surface area (Å²) in [6.45, 7) is 9.57. The van der Waals surface area contributed by atoms with Gasteiger partial charge in [-0.15, -0.1) is 0 Å². The first-order valence-electron chi connectivity index (χ1n) is 6.80. The van der Waals surface area contributed by atoms with Crippen molar-refractivity contribution in [2.24, 2.45) is 5.73 Å². The molecule has 1 heterocycles. The van der Waals surface area contributed by atoms with Crippen LogP contribution >= 0.6 is 0 Å². The highest BCUT2D eigenvalue weighted by Crippen LogP contribution is 2.24. The lowest BCUT2D eigenvalue weighted by molar-refractivity contribution is 0.613. The molecule has 0 saturated carbocycles. The molecule has 0 spiro atoms. The largest absolute Gasteiger partial charge is 0.327 e. The monoisotopic (exact) mass is 245 g/mol. The van der Waals surface area contributed by atoms with Crippen molar-refractivity contribution < 1.29 is 0 Å². The van der Waals surface area contributed by atoms with Crippen molar-refractivity contribution in [2.75, 3.05) is 0 Å². The van der Waals surface area contributed by atoms with Gasteiger partial charge in [0.15, 0.2) is 0 Å². The van der Waals surface area contributed by atoms with Crippen molar-refractivity contribution in [1.82, 2.24) is 9.55 Å². The van der Waals surface area contributed by atoms with Crippen LogP contribution in [0.15, 0.2) is 18.2 Å². The number of imidazole rings is 1. The molecule has 0 aliphatic rings. The van der Waals surface area contributed by atoms with Gasteiger partial charge in [0.25, 0.3) is 0 Å². The van der Waals surface area contributed by atoms with E-state index in [1.807, 2.05) is 6.92 Å². The molecular weight excluding hydrogens is 222 g/mol. The molecule has 0 aliphatic heterocycles. The van der Waals surface area contributed by atoms with Gasteiger partial charge in [0.05, 0.1) is 17.1 Å². The van der Waals surface area contributed by atoms with Crippen LogP contribution in [-0.4, -0.2) is 9.55 Å². The fraction of sp³-hybridized carbons (Fsp3) is 0.533.